The Morgan fingerprint density at radius 3 is 2.20 bits per heavy atom. The Kier molecular flexibility index (Phi) is 15.4. The van der Waals surface area contributed by atoms with Crippen LogP contribution in [0.5, 0.6) is 0 Å². The molecule has 7 nitrogen and oxygen atoms in total. The van der Waals surface area contributed by atoms with Crippen LogP contribution in [-0.2, 0) is 14.2 Å². The Labute approximate surface area is 242 Å². The van der Waals surface area contributed by atoms with Crippen molar-refractivity contribution in [2.24, 2.45) is 5.92 Å². The highest BCUT2D eigenvalue weighted by atomic mass is 16.7. The fourth-order valence-corrected chi connectivity index (χ4v) is 5.69. The minimum atomic E-state index is -0.863. The van der Waals surface area contributed by atoms with E-state index in [1.807, 2.05) is 6.92 Å². The monoisotopic (exact) mass is 556 g/mol. The van der Waals surface area contributed by atoms with E-state index in [1.54, 1.807) is 6.08 Å². The summed E-state index contributed by atoms with van der Waals surface area (Å²) in [6, 6.07) is 0. The van der Waals surface area contributed by atoms with Crippen LogP contribution in [0.2, 0.25) is 0 Å². The third kappa shape index (κ3) is 11.0. The number of alkyl carbamates (subject to hydrolysis) is 1. The summed E-state index contributed by atoms with van der Waals surface area (Å²) in [6.45, 7) is 9.13. The molecule has 0 fully saturated rings. The Bertz CT molecular complexity index is 948. The highest BCUT2D eigenvalue weighted by Gasteiger charge is 2.46. The van der Waals surface area contributed by atoms with E-state index in [0.29, 0.717) is 19.6 Å². The van der Waals surface area contributed by atoms with Gasteiger partial charge in [0, 0.05) is 12.0 Å². The van der Waals surface area contributed by atoms with Crippen LogP contribution in [0.1, 0.15) is 118 Å². The molecule has 2 bridgehead atoms. The van der Waals surface area contributed by atoms with Crippen molar-refractivity contribution in [1.29, 1.82) is 5.41 Å². The fraction of sp³-hybridized carbons (Fsp3) is 0.667. The van der Waals surface area contributed by atoms with Crippen molar-refractivity contribution in [2.75, 3.05) is 13.2 Å². The lowest BCUT2D eigenvalue weighted by Crippen LogP contribution is -2.55. The second-order valence-corrected chi connectivity index (χ2v) is 11.0. The lowest BCUT2D eigenvalue weighted by atomic mass is 9.64. The number of hydrogen-bond acceptors (Lipinski definition) is 6. The molecule has 2 rings (SSSR count). The van der Waals surface area contributed by atoms with E-state index in [9.17, 15) is 9.59 Å². The van der Waals surface area contributed by atoms with Gasteiger partial charge in [-0.05, 0) is 50.7 Å². The number of ether oxygens (including phenoxy) is 3. The minimum Gasteiger partial charge on any atom is -0.450 e. The largest absolute Gasteiger partial charge is 0.515 e. The topological polar surface area (TPSA) is 97.7 Å². The van der Waals surface area contributed by atoms with Crippen molar-refractivity contribution in [2.45, 2.75) is 123 Å². The van der Waals surface area contributed by atoms with Crippen molar-refractivity contribution in [3.63, 3.8) is 0 Å². The van der Waals surface area contributed by atoms with E-state index < -0.39 is 17.8 Å². The van der Waals surface area contributed by atoms with Crippen LogP contribution in [0.25, 0.3) is 0 Å². The van der Waals surface area contributed by atoms with Gasteiger partial charge >= 0.3 is 12.2 Å². The van der Waals surface area contributed by atoms with E-state index in [4.69, 9.17) is 19.6 Å². The summed E-state index contributed by atoms with van der Waals surface area (Å²) in [5.74, 6) is -0.107. The highest BCUT2D eigenvalue weighted by Crippen LogP contribution is 2.47. The van der Waals surface area contributed by atoms with Gasteiger partial charge in [-0.3, -0.25) is 5.41 Å². The van der Waals surface area contributed by atoms with Crippen LogP contribution < -0.4 is 5.32 Å². The first-order valence-electron chi connectivity index (χ1n) is 15.5. The molecule has 2 unspecified atom stereocenters. The van der Waals surface area contributed by atoms with E-state index in [1.165, 1.54) is 50.2 Å². The molecule has 2 aliphatic carbocycles. The van der Waals surface area contributed by atoms with Crippen molar-refractivity contribution in [3.05, 3.63) is 47.1 Å². The van der Waals surface area contributed by atoms with E-state index >= 15 is 0 Å². The van der Waals surface area contributed by atoms with Gasteiger partial charge in [0.05, 0.1) is 18.8 Å². The normalized spacial score (nSPS) is 21.1. The summed E-state index contributed by atoms with van der Waals surface area (Å²) < 4.78 is 15.8. The number of unbranched alkanes of at least 4 members (excludes halogenated alkanes) is 10. The summed E-state index contributed by atoms with van der Waals surface area (Å²) in [5.41, 5.74) is 2.40. The second kappa shape index (κ2) is 18.5. The van der Waals surface area contributed by atoms with Crippen LogP contribution in [0.15, 0.2) is 47.1 Å². The van der Waals surface area contributed by atoms with Crippen molar-refractivity contribution in [3.8, 4) is 0 Å². The Hall–Kier alpha value is -2.83. The summed E-state index contributed by atoms with van der Waals surface area (Å²) in [5, 5.41) is 11.3. The highest BCUT2D eigenvalue weighted by molar-refractivity contribution is 5.92. The van der Waals surface area contributed by atoms with Gasteiger partial charge in [0.2, 0.25) is 5.90 Å². The van der Waals surface area contributed by atoms with Crippen LogP contribution in [-0.4, -0.2) is 36.9 Å². The van der Waals surface area contributed by atoms with Gasteiger partial charge in [0.1, 0.15) is 0 Å². The zero-order chi connectivity index (χ0) is 29.2. The van der Waals surface area contributed by atoms with Crippen molar-refractivity contribution >= 4 is 18.1 Å². The summed E-state index contributed by atoms with van der Waals surface area (Å²) in [7, 11) is 0. The first kappa shape index (κ1) is 33.4. The molecule has 0 radical (unpaired) electrons. The molecule has 0 saturated carbocycles. The number of allylic oxidation sites excluding steroid dienone is 3. The van der Waals surface area contributed by atoms with Crippen molar-refractivity contribution in [1.82, 2.24) is 5.32 Å². The fourth-order valence-electron chi connectivity index (χ4n) is 5.69. The molecular weight excluding hydrogens is 504 g/mol. The maximum Gasteiger partial charge on any atom is 0.515 e. The van der Waals surface area contributed by atoms with Crippen LogP contribution in [0.4, 0.5) is 9.59 Å². The molecule has 0 heterocycles. The Balaban J connectivity index is 1.96. The SMILES string of the molecule is C/C=C1\C2C=C(C)CC1(NC(=O)OCCCCCCCC)C(/C=C\C(=N)OC(=O)OCCCCCCCC)=CC2. The van der Waals surface area contributed by atoms with Gasteiger partial charge in [0.15, 0.2) is 0 Å². The molecule has 1 amide bonds. The third-order valence-electron chi connectivity index (χ3n) is 7.69. The average Bonchev–Trinajstić information content (AvgIpc) is 2.91. The predicted octanol–water partition coefficient (Wildman–Crippen LogP) is 9.10. The molecule has 0 aromatic heterocycles. The first-order chi connectivity index (χ1) is 19.4. The number of amides is 1. The Morgan fingerprint density at radius 1 is 0.975 bits per heavy atom. The Morgan fingerprint density at radius 2 is 1.57 bits per heavy atom. The smallest absolute Gasteiger partial charge is 0.450 e. The summed E-state index contributed by atoms with van der Waals surface area (Å²) in [4.78, 5) is 25.0. The van der Waals surface area contributed by atoms with Gasteiger partial charge in [0.25, 0.3) is 0 Å². The molecule has 2 N–H and O–H groups in total. The van der Waals surface area contributed by atoms with Gasteiger partial charge in [-0.1, -0.05) is 108 Å². The lowest BCUT2D eigenvalue weighted by Gasteiger charge is -2.46. The quantitative estimate of drug-likeness (QED) is 0.0612. The molecule has 0 aromatic carbocycles. The number of hydrogen-bond donors (Lipinski definition) is 2. The summed E-state index contributed by atoms with van der Waals surface area (Å²) >= 11 is 0. The predicted molar refractivity (Wildman–Crippen MR) is 162 cm³/mol. The number of carbonyl (C=O) groups is 2. The van der Waals surface area contributed by atoms with Gasteiger partial charge in [-0.25, -0.2) is 9.59 Å². The van der Waals surface area contributed by atoms with Crippen LogP contribution in [0.3, 0.4) is 0 Å². The molecule has 0 saturated heterocycles. The molecule has 40 heavy (non-hydrogen) atoms. The minimum absolute atomic E-state index is 0.197. The van der Waals surface area contributed by atoms with E-state index in [0.717, 1.165) is 56.1 Å². The average molecular weight is 557 g/mol. The van der Waals surface area contributed by atoms with Crippen LogP contribution >= 0.6 is 0 Å². The molecule has 2 atom stereocenters. The standard InChI is InChI=1S/C33H52N2O5/c1-5-8-10-12-14-16-22-38-31(36)35-33-25-26(4)24-27(29(33)7-3)18-19-28(33)20-21-30(34)40-32(37)39-23-17-15-13-11-9-6-2/h7,19-21,24,27,34H,5-6,8-18,22-23,25H2,1-4H3,(H,35,36)/b21-20-,29-7+,34-30?. The zero-order valence-electron chi connectivity index (χ0n) is 25.3. The maximum absolute atomic E-state index is 13.0. The zero-order valence-corrected chi connectivity index (χ0v) is 25.3. The van der Waals surface area contributed by atoms with Crippen LogP contribution in [0, 0.1) is 11.3 Å². The molecule has 224 valence electrons. The molecule has 2 aliphatic rings. The van der Waals surface area contributed by atoms with Gasteiger partial charge < -0.3 is 19.5 Å². The lowest BCUT2D eigenvalue weighted by molar-refractivity contribution is 0.0938. The third-order valence-corrected chi connectivity index (χ3v) is 7.69. The number of carbonyl (C=O) groups excluding carboxylic acids is 2. The first-order valence-corrected chi connectivity index (χ1v) is 15.5. The van der Waals surface area contributed by atoms with E-state index in [-0.39, 0.29) is 11.8 Å². The van der Waals surface area contributed by atoms with Crippen molar-refractivity contribution < 1.29 is 23.8 Å². The second-order valence-electron chi connectivity index (χ2n) is 11.0. The number of rotatable bonds is 17. The molecule has 7 heteroatoms. The molecule has 0 aliphatic heterocycles. The molecular formula is C33H52N2O5. The maximum atomic E-state index is 13.0. The summed E-state index contributed by atoms with van der Waals surface area (Å²) in [6.07, 6.45) is 23.0. The number of nitrogens with one attached hydrogen (secondary N) is 2. The molecule has 0 spiro atoms. The molecule has 0 aromatic rings. The van der Waals surface area contributed by atoms with E-state index in [2.05, 4.69) is 44.3 Å². The van der Waals surface area contributed by atoms with Gasteiger partial charge in [-0.2, -0.15) is 0 Å². The number of fused-ring (bicyclic) bond motifs is 2. The van der Waals surface area contributed by atoms with Gasteiger partial charge in [-0.15, -0.1) is 0 Å².